The second kappa shape index (κ2) is 6.07. The summed E-state index contributed by atoms with van der Waals surface area (Å²) in [5.41, 5.74) is 7.14. The lowest BCUT2D eigenvalue weighted by atomic mass is 10.1. The van der Waals surface area contributed by atoms with E-state index in [1.807, 2.05) is 28.8 Å². The van der Waals surface area contributed by atoms with Crippen molar-refractivity contribution in [3.05, 3.63) is 58.4 Å². The van der Waals surface area contributed by atoms with Crippen LogP contribution < -0.4 is 26.1 Å². The Labute approximate surface area is 148 Å². The smallest absolute Gasteiger partial charge is 0.282 e. The van der Waals surface area contributed by atoms with Crippen LogP contribution in [0.25, 0.3) is 10.9 Å². The van der Waals surface area contributed by atoms with Gasteiger partial charge >= 0.3 is 0 Å². The van der Waals surface area contributed by atoms with Crippen molar-refractivity contribution in [2.24, 2.45) is 10.7 Å². The molecule has 4 rings (SSSR count). The van der Waals surface area contributed by atoms with Gasteiger partial charge in [-0.1, -0.05) is 18.2 Å². The van der Waals surface area contributed by atoms with Crippen molar-refractivity contribution in [1.82, 2.24) is 9.55 Å². The van der Waals surface area contributed by atoms with E-state index >= 15 is 0 Å². The molecule has 1 atom stereocenters. The number of nitrogens with two attached hydrogens (primary N) is 1. The Hall–Kier alpha value is -3.55. The van der Waals surface area contributed by atoms with Crippen molar-refractivity contribution in [2.75, 3.05) is 19.5 Å². The number of aliphatic imine (C=N–C) groups is 1. The average Bonchev–Trinajstić information content (AvgIpc) is 2.66. The van der Waals surface area contributed by atoms with E-state index in [9.17, 15) is 4.79 Å². The number of para-hydroxylation sites is 1. The van der Waals surface area contributed by atoms with E-state index in [2.05, 4.69) is 15.3 Å². The van der Waals surface area contributed by atoms with Crippen LogP contribution in [0.1, 0.15) is 11.7 Å². The quantitative estimate of drug-likeness (QED) is 0.744. The first-order valence-corrected chi connectivity index (χ1v) is 7.96. The first kappa shape index (κ1) is 15.9. The molecule has 2 heterocycles. The van der Waals surface area contributed by atoms with E-state index in [4.69, 9.17) is 15.2 Å². The van der Waals surface area contributed by atoms with Crippen molar-refractivity contribution in [1.29, 1.82) is 0 Å². The molecule has 8 nitrogen and oxygen atoms in total. The number of nitrogens with zero attached hydrogens (tertiary/aromatic N) is 3. The topological polar surface area (TPSA) is 104 Å². The van der Waals surface area contributed by atoms with Crippen LogP contribution in [0.15, 0.2) is 52.3 Å². The highest BCUT2D eigenvalue weighted by Crippen LogP contribution is 2.35. The molecule has 1 unspecified atom stereocenters. The molecule has 0 fully saturated rings. The largest absolute Gasteiger partial charge is 0.493 e. The average molecular weight is 351 g/mol. The molecule has 2 aromatic carbocycles. The lowest BCUT2D eigenvalue weighted by Crippen LogP contribution is -2.34. The lowest BCUT2D eigenvalue weighted by Gasteiger charge is -2.27. The van der Waals surface area contributed by atoms with Crippen molar-refractivity contribution in [2.45, 2.75) is 6.17 Å². The molecular formula is C18H17N5O3. The Morgan fingerprint density at radius 2 is 1.88 bits per heavy atom. The highest BCUT2D eigenvalue weighted by atomic mass is 16.5. The van der Waals surface area contributed by atoms with Crippen molar-refractivity contribution < 1.29 is 9.47 Å². The summed E-state index contributed by atoms with van der Waals surface area (Å²) in [5, 5.41) is 3.38. The van der Waals surface area contributed by atoms with Gasteiger partial charge in [0.25, 0.3) is 5.56 Å². The number of nitrogens with one attached hydrogen (secondary N) is 1. The van der Waals surface area contributed by atoms with Crippen LogP contribution in [-0.4, -0.2) is 29.7 Å². The van der Waals surface area contributed by atoms with Gasteiger partial charge in [0.2, 0.25) is 5.95 Å². The third-order valence-corrected chi connectivity index (χ3v) is 4.28. The third-order valence-electron chi connectivity index (χ3n) is 4.28. The number of methoxy groups -OCH3 is 2. The minimum absolute atomic E-state index is 0.187. The number of guanidine groups is 1. The number of fused-ring (bicyclic) bond motifs is 3. The highest BCUT2D eigenvalue weighted by Gasteiger charge is 2.25. The maximum absolute atomic E-state index is 12.3. The number of hydrogen-bond acceptors (Lipinski definition) is 7. The molecule has 0 amide bonds. The van der Waals surface area contributed by atoms with Gasteiger partial charge in [0.15, 0.2) is 23.6 Å². The van der Waals surface area contributed by atoms with Gasteiger partial charge in [-0.05, 0) is 24.3 Å². The van der Waals surface area contributed by atoms with Crippen molar-refractivity contribution in [3.8, 4) is 11.5 Å². The van der Waals surface area contributed by atoms with Crippen LogP contribution in [0.3, 0.4) is 0 Å². The van der Waals surface area contributed by atoms with Crippen molar-refractivity contribution >= 4 is 22.8 Å². The minimum atomic E-state index is -0.496. The zero-order valence-electron chi connectivity index (χ0n) is 14.3. The van der Waals surface area contributed by atoms with E-state index in [1.165, 1.54) is 0 Å². The predicted octanol–water partition coefficient (Wildman–Crippen LogP) is 1.70. The minimum Gasteiger partial charge on any atom is -0.493 e. The first-order chi connectivity index (χ1) is 12.6. The number of benzene rings is 2. The standard InChI is InChI=1S/C18H17N5O3/c1-25-13-8-7-10(9-14(13)26-2)15-20-17(19)22-18-21-16(24)11-5-3-4-6-12(11)23(15)18/h3-9,15H,1-2H3,(H3,19,20,21,22,24). The molecule has 132 valence electrons. The number of hydrogen-bond donors (Lipinski definition) is 2. The monoisotopic (exact) mass is 351 g/mol. The molecule has 1 aliphatic rings. The van der Waals surface area contributed by atoms with Gasteiger partial charge in [0.05, 0.1) is 25.1 Å². The molecular weight excluding hydrogens is 334 g/mol. The normalized spacial score (nSPS) is 15.8. The molecule has 0 bridgehead atoms. The van der Waals surface area contributed by atoms with E-state index in [0.717, 1.165) is 5.56 Å². The molecule has 0 aliphatic carbocycles. The Bertz CT molecular complexity index is 1090. The molecule has 3 aromatic rings. The molecule has 0 saturated carbocycles. The molecule has 3 N–H and O–H groups in total. The second-order valence-electron chi connectivity index (χ2n) is 5.76. The lowest BCUT2D eigenvalue weighted by molar-refractivity contribution is 0.354. The second-order valence-corrected chi connectivity index (χ2v) is 5.76. The predicted molar refractivity (Wildman–Crippen MR) is 98.9 cm³/mol. The SMILES string of the molecule is COc1ccc(C2N=C(N)Nc3nc(=O)c4ccccc4n32)cc1OC. The molecule has 1 aromatic heterocycles. The van der Waals surface area contributed by atoms with E-state index in [0.29, 0.717) is 28.4 Å². The zero-order chi connectivity index (χ0) is 18.3. The summed E-state index contributed by atoms with van der Waals surface area (Å²) in [6, 6.07) is 12.8. The zero-order valence-corrected chi connectivity index (χ0v) is 14.3. The van der Waals surface area contributed by atoms with Gasteiger partial charge in [0.1, 0.15) is 0 Å². The van der Waals surface area contributed by atoms with Gasteiger partial charge in [-0.25, -0.2) is 4.99 Å². The summed E-state index contributed by atoms with van der Waals surface area (Å²) >= 11 is 0. The van der Waals surface area contributed by atoms with Gasteiger partial charge in [-0.15, -0.1) is 0 Å². The van der Waals surface area contributed by atoms with E-state index in [1.54, 1.807) is 32.4 Å². The van der Waals surface area contributed by atoms with Gasteiger partial charge in [-0.3, -0.25) is 14.7 Å². The van der Waals surface area contributed by atoms with Crippen LogP contribution >= 0.6 is 0 Å². The Kier molecular flexibility index (Phi) is 3.72. The van der Waals surface area contributed by atoms with Crippen molar-refractivity contribution in [3.63, 3.8) is 0 Å². The molecule has 0 saturated heterocycles. The number of rotatable bonds is 3. The van der Waals surface area contributed by atoms with Crippen LogP contribution in [0.4, 0.5) is 5.95 Å². The fraction of sp³-hybridized carbons (Fsp3) is 0.167. The molecule has 1 aliphatic heterocycles. The van der Waals surface area contributed by atoms with Gasteiger partial charge < -0.3 is 15.2 Å². The Morgan fingerprint density at radius 3 is 2.65 bits per heavy atom. The summed E-state index contributed by atoms with van der Waals surface area (Å²) in [7, 11) is 3.15. The van der Waals surface area contributed by atoms with Gasteiger partial charge in [-0.2, -0.15) is 4.98 Å². The summed E-state index contributed by atoms with van der Waals surface area (Å²) in [6.45, 7) is 0. The van der Waals surface area contributed by atoms with E-state index in [-0.39, 0.29) is 11.5 Å². The number of aromatic nitrogens is 2. The molecule has 0 radical (unpaired) electrons. The number of anilines is 1. The van der Waals surface area contributed by atoms with Crippen LogP contribution in [0.2, 0.25) is 0 Å². The maximum atomic E-state index is 12.3. The van der Waals surface area contributed by atoms with Crippen LogP contribution in [0.5, 0.6) is 11.5 Å². The Morgan fingerprint density at radius 1 is 1.12 bits per heavy atom. The maximum Gasteiger partial charge on any atom is 0.282 e. The summed E-state index contributed by atoms with van der Waals surface area (Å²) in [6.07, 6.45) is -0.496. The summed E-state index contributed by atoms with van der Waals surface area (Å²) < 4.78 is 12.5. The molecule has 26 heavy (non-hydrogen) atoms. The fourth-order valence-corrected chi connectivity index (χ4v) is 3.10. The number of ether oxygens (including phenoxy) is 2. The fourth-order valence-electron chi connectivity index (χ4n) is 3.10. The van der Waals surface area contributed by atoms with Gasteiger partial charge in [0, 0.05) is 5.56 Å². The summed E-state index contributed by atoms with van der Waals surface area (Å²) in [4.78, 5) is 20.9. The van der Waals surface area contributed by atoms with E-state index < -0.39 is 6.17 Å². The Balaban J connectivity index is 1.98. The third kappa shape index (κ3) is 2.43. The molecule has 8 heteroatoms. The summed E-state index contributed by atoms with van der Waals surface area (Å²) in [5.74, 6) is 1.73. The highest BCUT2D eigenvalue weighted by molar-refractivity contribution is 5.93. The molecule has 0 spiro atoms. The first-order valence-electron chi connectivity index (χ1n) is 7.96. The van der Waals surface area contributed by atoms with Crippen LogP contribution in [-0.2, 0) is 0 Å². The van der Waals surface area contributed by atoms with Crippen LogP contribution in [0, 0.1) is 0 Å².